The minimum absolute atomic E-state index is 0.166. The zero-order valence-corrected chi connectivity index (χ0v) is 8.64. The maximum absolute atomic E-state index is 9.00. The third-order valence-corrected chi connectivity index (χ3v) is 2.71. The second-order valence-corrected chi connectivity index (χ2v) is 3.81. The van der Waals surface area contributed by atoms with Crippen molar-refractivity contribution in [3.05, 3.63) is 5.56 Å². The molecule has 0 radical (unpaired) electrons. The van der Waals surface area contributed by atoms with Crippen LogP contribution in [-0.2, 0) is 7.05 Å². The molecule has 1 aromatic heterocycles. The van der Waals surface area contributed by atoms with Gasteiger partial charge in [0.15, 0.2) is 5.82 Å². The molecule has 0 saturated carbocycles. The SMILES string of the molecule is Cn1nc(N2CCC(N)C2)c(C#N)c1N. The van der Waals surface area contributed by atoms with Crippen molar-refractivity contribution >= 4 is 11.6 Å². The number of nitriles is 1. The van der Waals surface area contributed by atoms with Crippen LogP contribution in [0.5, 0.6) is 0 Å². The molecular formula is C9H14N6. The molecule has 0 aromatic carbocycles. The Kier molecular flexibility index (Phi) is 2.25. The Hall–Kier alpha value is -1.74. The summed E-state index contributed by atoms with van der Waals surface area (Å²) in [4.78, 5) is 2.01. The van der Waals surface area contributed by atoms with E-state index < -0.39 is 0 Å². The molecule has 2 heterocycles. The molecule has 1 fully saturated rings. The lowest BCUT2D eigenvalue weighted by atomic mass is 10.3. The van der Waals surface area contributed by atoms with E-state index >= 15 is 0 Å². The van der Waals surface area contributed by atoms with Gasteiger partial charge in [-0.1, -0.05) is 0 Å². The Morgan fingerprint density at radius 2 is 2.33 bits per heavy atom. The normalized spacial score (nSPS) is 20.6. The highest BCUT2D eigenvalue weighted by Crippen LogP contribution is 2.26. The van der Waals surface area contributed by atoms with Gasteiger partial charge in [-0.15, -0.1) is 0 Å². The summed E-state index contributed by atoms with van der Waals surface area (Å²) in [5.41, 5.74) is 12.0. The molecule has 1 atom stereocenters. The molecule has 1 saturated heterocycles. The van der Waals surface area contributed by atoms with Gasteiger partial charge in [-0.25, -0.2) is 4.68 Å². The summed E-state index contributed by atoms with van der Waals surface area (Å²) >= 11 is 0. The highest BCUT2D eigenvalue weighted by Gasteiger charge is 2.25. The maximum Gasteiger partial charge on any atom is 0.170 e. The first-order valence-corrected chi connectivity index (χ1v) is 4.86. The third-order valence-electron chi connectivity index (χ3n) is 2.71. The molecule has 15 heavy (non-hydrogen) atoms. The third kappa shape index (κ3) is 1.51. The number of anilines is 2. The fraction of sp³-hybridized carbons (Fsp3) is 0.556. The number of hydrogen-bond acceptors (Lipinski definition) is 5. The zero-order valence-electron chi connectivity index (χ0n) is 8.64. The molecule has 80 valence electrons. The van der Waals surface area contributed by atoms with Crippen LogP contribution in [0.15, 0.2) is 0 Å². The summed E-state index contributed by atoms with van der Waals surface area (Å²) in [6, 6.07) is 2.25. The Bertz CT molecular complexity index is 415. The van der Waals surface area contributed by atoms with Crippen LogP contribution >= 0.6 is 0 Å². The summed E-state index contributed by atoms with van der Waals surface area (Å²) in [6.07, 6.45) is 0.932. The predicted octanol–water partition coefficient (Wildman–Crippen LogP) is -0.589. The Morgan fingerprint density at radius 3 is 2.87 bits per heavy atom. The van der Waals surface area contributed by atoms with E-state index in [1.54, 1.807) is 7.05 Å². The fourth-order valence-electron chi connectivity index (χ4n) is 1.83. The molecule has 4 N–H and O–H groups in total. The van der Waals surface area contributed by atoms with Crippen molar-refractivity contribution in [3.8, 4) is 6.07 Å². The van der Waals surface area contributed by atoms with E-state index in [0.717, 1.165) is 19.5 Å². The van der Waals surface area contributed by atoms with E-state index in [4.69, 9.17) is 16.7 Å². The lowest BCUT2D eigenvalue weighted by Crippen LogP contribution is -2.27. The molecule has 0 spiro atoms. The maximum atomic E-state index is 9.00. The van der Waals surface area contributed by atoms with Gasteiger partial charge >= 0.3 is 0 Å². The molecule has 2 rings (SSSR count). The van der Waals surface area contributed by atoms with E-state index in [1.807, 2.05) is 4.90 Å². The summed E-state index contributed by atoms with van der Waals surface area (Å²) < 4.78 is 1.53. The molecule has 1 aliphatic rings. The Morgan fingerprint density at radius 1 is 1.60 bits per heavy atom. The topological polar surface area (TPSA) is 96.9 Å². The molecule has 0 aliphatic carbocycles. The first-order valence-electron chi connectivity index (χ1n) is 4.86. The Balaban J connectivity index is 2.37. The van der Waals surface area contributed by atoms with Crippen LogP contribution < -0.4 is 16.4 Å². The van der Waals surface area contributed by atoms with Crippen molar-refractivity contribution in [1.82, 2.24) is 9.78 Å². The Labute approximate surface area is 88.1 Å². The van der Waals surface area contributed by atoms with Gasteiger partial charge in [0.1, 0.15) is 17.5 Å². The van der Waals surface area contributed by atoms with Crippen LogP contribution in [0.3, 0.4) is 0 Å². The van der Waals surface area contributed by atoms with Crippen LogP contribution in [0.2, 0.25) is 0 Å². The molecular weight excluding hydrogens is 192 g/mol. The van der Waals surface area contributed by atoms with Crippen LogP contribution in [-0.4, -0.2) is 28.9 Å². The fourth-order valence-corrected chi connectivity index (χ4v) is 1.83. The van der Waals surface area contributed by atoms with Crippen molar-refractivity contribution in [1.29, 1.82) is 5.26 Å². The lowest BCUT2D eigenvalue weighted by molar-refractivity contribution is 0.744. The van der Waals surface area contributed by atoms with Crippen LogP contribution in [0, 0.1) is 11.3 Å². The van der Waals surface area contributed by atoms with Crippen molar-refractivity contribution in [2.45, 2.75) is 12.5 Å². The predicted molar refractivity (Wildman–Crippen MR) is 57.1 cm³/mol. The number of rotatable bonds is 1. The molecule has 1 aliphatic heterocycles. The molecule has 6 nitrogen and oxygen atoms in total. The van der Waals surface area contributed by atoms with Crippen LogP contribution in [0.1, 0.15) is 12.0 Å². The number of nitrogens with two attached hydrogens (primary N) is 2. The smallest absolute Gasteiger partial charge is 0.170 e. The van der Waals surface area contributed by atoms with Crippen molar-refractivity contribution in [2.75, 3.05) is 23.7 Å². The van der Waals surface area contributed by atoms with E-state index in [0.29, 0.717) is 17.2 Å². The van der Waals surface area contributed by atoms with Crippen LogP contribution in [0.25, 0.3) is 0 Å². The first kappa shape index (κ1) is 9.80. The van der Waals surface area contributed by atoms with E-state index in [2.05, 4.69) is 11.2 Å². The van der Waals surface area contributed by atoms with Gasteiger partial charge in [-0.2, -0.15) is 10.4 Å². The van der Waals surface area contributed by atoms with Crippen molar-refractivity contribution < 1.29 is 0 Å². The van der Waals surface area contributed by atoms with Gasteiger partial charge in [0.05, 0.1) is 0 Å². The molecule has 1 unspecified atom stereocenters. The first-order chi connectivity index (χ1) is 7.13. The van der Waals surface area contributed by atoms with Gasteiger partial charge in [0.25, 0.3) is 0 Å². The summed E-state index contributed by atoms with van der Waals surface area (Å²) in [7, 11) is 1.73. The number of hydrogen-bond donors (Lipinski definition) is 2. The lowest BCUT2D eigenvalue weighted by Gasteiger charge is -2.14. The molecule has 1 aromatic rings. The van der Waals surface area contributed by atoms with Gasteiger partial charge in [0.2, 0.25) is 0 Å². The van der Waals surface area contributed by atoms with Crippen molar-refractivity contribution in [3.63, 3.8) is 0 Å². The summed E-state index contributed by atoms with van der Waals surface area (Å²) in [6.45, 7) is 1.58. The largest absolute Gasteiger partial charge is 0.383 e. The molecule has 6 heteroatoms. The summed E-state index contributed by atoms with van der Waals surface area (Å²) in [5.74, 6) is 1.07. The standard InChI is InChI=1S/C9H14N6/c1-14-8(12)7(4-10)9(13-14)15-3-2-6(11)5-15/h6H,2-3,5,11-12H2,1H3. The van der Waals surface area contributed by atoms with E-state index in [-0.39, 0.29) is 6.04 Å². The second kappa shape index (κ2) is 3.44. The van der Waals surface area contributed by atoms with Gasteiger partial charge in [-0.3, -0.25) is 0 Å². The number of aryl methyl sites for hydroxylation is 1. The highest BCUT2D eigenvalue weighted by atomic mass is 15.4. The number of nitrogen functional groups attached to an aromatic ring is 1. The van der Waals surface area contributed by atoms with Crippen LogP contribution in [0.4, 0.5) is 11.6 Å². The van der Waals surface area contributed by atoms with Gasteiger partial charge in [-0.05, 0) is 6.42 Å². The molecule has 0 amide bonds. The summed E-state index contributed by atoms with van der Waals surface area (Å²) in [5, 5.41) is 13.2. The van der Waals surface area contributed by atoms with E-state index in [1.165, 1.54) is 4.68 Å². The van der Waals surface area contributed by atoms with Gasteiger partial charge < -0.3 is 16.4 Å². The van der Waals surface area contributed by atoms with Gasteiger partial charge in [0, 0.05) is 26.2 Å². The quantitative estimate of drug-likeness (QED) is 0.640. The highest BCUT2D eigenvalue weighted by molar-refractivity contribution is 5.65. The second-order valence-electron chi connectivity index (χ2n) is 3.81. The van der Waals surface area contributed by atoms with Crippen molar-refractivity contribution in [2.24, 2.45) is 12.8 Å². The number of aromatic nitrogens is 2. The minimum Gasteiger partial charge on any atom is -0.383 e. The average Bonchev–Trinajstić information content (AvgIpc) is 2.73. The number of nitrogens with zero attached hydrogens (tertiary/aromatic N) is 4. The molecule has 0 bridgehead atoms. The monoisotopic (exact) mass is 206 g/mol. The minimum atomic E-state index is 0.166. The zero-order chi connectivity index (χ0) is 11.0. The van der Waals surface area contributed by atoms with E-state index in [9.17, 15) is 0 Å². The average molecular weight is 206 g/mol.